The standard InChI is InChI=1S/C10H16BrNO2S2/c1-3-9-4-5-10(15-9)16(13,14)12-7-8(2)6-11/h4-5,8,12H,3,6-7H2,1-2H3. The number of thiophene rings is 1. The van der Waals surface area contributed by atoms with Crippen LogP contribution in [-0.2, 0) is 16.4 Å². The highest BCUT2D eigenvalue weighted by Crippen LogP contribution is 2.21. The minimum absolute atomic E-state index is 0.292. The maximum Gasteiger partial charge on any atom is 0.250 e. The summed E-state index contributed by atoms with van der Waals surface area (Å²) < 4.78 is 26.8. The van der Waals surface area contributed by atoms with Crippen molar-refractivity contribution in [1.82, 2.24) is 4.72 Å². The summed E-state index contributed by atoms with van der Waals surface area (Å²) in [6, 6.07) is 3.54. The smallest absolute Gasteiger partial charge is 0.210 e. The Hall–Kier alpha value is 0.0900. The van der Waals surface area contributed by atoms with Crippen LogP contribution in [0, 0.1) is 5.92 Å². The quantitative estimate of drug-likeness (QED) is 0.817. The third-order valence-corrected chi connectivity index (χ3v) is 6.39. The van der Waals surface area contributed by atoms with Crippen LogP contribution in [0.4, 0.5) is 0 Å². The highest BCUT2D eigenvalue weighted by molar-refractivity contribution is 9.09. The molecule has 0 aliphatic heterocycles. The van der Waals surface area contributed by atoms with Crippen molar-refractivity contribution in [3.63, 3.8) is 0 Å². The van der Waals surface area contributed by atoms with Crippen LogP contribution in [0.25, 0.3) is 0 Å². The van der Waals surface area contributed by atoms with E-state index >= 15 is 0 Å². The van der Waals surface area contributed by atoms with Gasteiger partial charge in [-0.1, -0.05) is 29.8 Å². The lowest BCUT2D eigenvalue weighted by molar-refractivity contribution is 0.565. The van der Waals surface area contributed by atoms with Gasteiger partial charge in [0.1, 0.15) is 4.21 Å². The van der Waals surface area contributed by atoms with Crippen molar-refractivity contribution in [2.45, 2.75) is 24.5 Å². The molecule has 0 saturated heterocycles. The second-order valence-electron chi connectivity index (χ2n) is 3.69. The van der Waals surface area contributed by atoms with E-state index in [2.05, 4.69) is 20.7 Å². The Morgan fingerprint density at radius 3 is 2.69 bits per heavy atom. The summed E-state index contributed by atoms with van der Waals surface area (Å²) in [5.74, 6) is 0.292. The molecule has 0 radical (unpaired) electrons. The first-order valence-corrected chi connectivity index (χ1v) is 8.56. The molecule has 0 aliphatic rings. The second-order valence-corrected chi connectivity index (χ2v) is 7.50. The van der Waals surface area contributed by atoms with Crippen molar-refractivity contribution >= 4 is 37.3 Å². The fraction of sp³-hybridized carbons (Fsp3) is 0.600. The summed E-state index contributed by atoms with van der Waals surface area (Å²) in [4.78, 5) is 1.09. The Morgan fingerprint density at radius 2 is 2.19 bits per heavy atom. The van der Waals surface area contributed by atoms with Crippen LogP contribution in [0.5, 0.6) is 0 Å². The lowest BCUT2D eigenvalue weighted by Crippen LogP contribution is -2.28. The minimum atomic E-state index is -3.31. The van der Waals surface area contributed by atoms with E-state index in [1.54, 1.807) is 6.07 Å². The van der Waals surface area contributed by atoms with Gasteiger partial charge in [0.15, 0.2) is 0 Å². The third-order valence-electron chi connectivity index (χ3n) is 2.14. The van der Waals surface area contributed by atoms with Crippen molar-refractivity contribution in [3.05, 3.63) is 17.0 Å². The van der Waals surface area contributed by atoms with Gasteiger partial charge in [-0.25, -0.2) is 13.1 Å². The van der Waals surface area contributed by atoms with Crippen LogP contribution >= 0.6 is 27.3 Å². The molecular weight excluding hydrogens is 310 g/mol. The van der Waals surface area contributed by atoms with E-state index in [4.69, 9.17) is 0 Å². The summed E-state index contributed by atoms with van der Waals surface area (Å²) in [6.07, 6.45) is 0.873. The topological polar surface area (TPSA) is 46.2 Å². The van der Waals surface area contributed by atoms with Gasteiger partial charge < -0.3 is 0 Å². The third kappa shape index (κ3) is 3.84. The molecule has 6 heteroatoms. The molecule has 1 atom stereocenters. The summed E-state index contributed by atoms with van der Waals surface area (Å²) in [5, 5.41) is 0.792. The van der Waals surface area contributed by atoms with Crippen molar-refractivity contribution in [1.29, 1.82) is 0 Å². The zero-order valence-corrected chi connectivity index (χ0v) is 12.6. The summed E-state index contributed by atoms with van der Waals surface area (Å²) in [6.45, 7) is 4.47. The van der Waals surface area contributed by atoms with Gasteiger partial charge in [-0.15, -0.1) is 11.3 Å². The van der Waals surface area contributed by atoms with Crippen LogP contribution in [-0.4, -0.2) is 20.3 Å². The molecule has 0 spiro atoms. The van der Waals surface area contributed by atoms with E-state index in [0.29, 0.717) is 16.7 Å². The van der Waals surface area contributed by atoms with Gasteiger partial charge in [0, 0.05) is 16.8 Å². The summed E-state index contributed by atoms with van der Waals surface area (Å²) in [7, 11) is -3.31. The zero-order valence-electron chi connectivity index (χ0n) is 9.36. The first-order valence-electron chi connectivity index (χ1n) is 5.14. The molecule has 0 aromatic carbocycles. The lowest BCUT2D eigenvalue weighted by atomic mass is 10.2. The van der Waals surface area contributed by atoms with Crippen LogP contribution in [0.2, 0.25) is 0 Å². The largest absolute Gasteiger partial charge is 0.250 e. The molecule has 1 unspecified atom stereocenters. The molecule has 3 nitrogen and oxygen atoms in total. The first-order chi connectivity index (χ1) is 7.49. The van der Waals surface area contributed by atoms with Gasteiger partial charge in [-0.3, -0.25) is 0 Å². The summed E-state index contributed by atoms with van der Waals surface area (Å²) >= 11 is 4.66. The van der Waals surface area contributed by atoms with Gasteiger partial charge >= 0.3 is 0 Å². The number of nitrogens with one attached hydrogen (secondary N) is 1. The Bertz CT molecular complexity index is 428. The minimum Gasteiger partial charge on any atom is -0.210 e. The fourth-order valence-corrected chi connectivity index (χ4v) is 3.80. The highest BCUT2D eigenvalue weighted by Gasteiger charge is 2.16. The molecule has 92 valence electrons. The SMILES string of the molecule is CCc1ccc(S(=O)(=O)NCC(C)CBr)s1. The first kappa shape index (κ1) is 14.2. The molecule has 0 fully saturated rings. The van der Waals surface area contributed by atoms with Crippen LogP contribution in [0.1, 0.15) is 18.7 Å². The number of alkyl halides is 1. The Kier molecular flexibility index (Phi) is 5.43. The van der Waals surface area contributed by atoms with E-state index in [1.165, 1.54) is 11.3 Å². The van der Waals surface area contributed by atoms with E-state index in [1.807, 2.05) is 19.9 Å². The maximum absolute atomic E-state index is 11.9. The Morgan fingerprint density at radius 1 is 1.50 bits per heavy atom. The normalized spacial score (nSPS) is 13.9. The molecule has 0 amide bonds. The lowest BCUT2D eigenvalue weighted by Gasteiger charge is -2.08. The van der Waals surface area contributed by atoms with E-state index in [0.717, 1.165) is 16.6 Å². The van der Waals surface area contributed by atoms with Crippen molar-refractivity contribution in [3.8, 4) is 0 Å². The molecule has 0 bridgehead atoms. The molecule has 1 N–H and O–H groups in total. The van der Waals surface area contributed by atoms with Gasteiger partial charge in [0.25, 0.3) is 0 Å². The second kappa shape index (κ2) is 6.14. The van der Waals surface area contributed by atoms with Crippen molar-refractivity contribution in [2.24, 2.45) is 5.92 Å². The zero-order chi connectivity index (χ0) is 12.2. The maximum atomic E-state index is 11.9. The molecule has 1 aromatic heterocycles. The van der Waals surface area contributed by atoms with Gasteiger partial charge in [-0.05, 0) is 24.5 Å². The number of sulfonamides is 1. The molecule has 0 saturated carbocycles. The number of aryl methyl sites for hydroxylation is 1. The average Bonchev–Trinajstić information content (AvgIpc) is 2.75. The van der Waals surface area contributed by atoms with Crippen LogP contribution < -0.4 is 4.72 Å². The van der Waals surface area contributed by atoms with E-state index in [9.17, 15) is 8.42 Å². The predicted molar refractivity (Wildman–Crippen MR) is 71.8 cm³/mol. The average molecular weight is 326 g/mol. The molecule has 1 aromatic rings. The van der Waals surface area contributed by atoms with Crippen LogP contribution in [0.15, 0.2) is 16.3 Å². The number of hydrogen-bond donors (Lipinski definition) is 1. The summed E-state index contributed by atoms with van der Waals surface area (Å²) in [5.41, 5.74) is 0. The van der Waals surface area contributed by atoms with Crippen LogP contribution in [0.3, 0.4) is 0 Å². The molecule has 16 heavy (non-hydrogen) atoms. The van der Waals surface area contributed by atoms with Crippen molar-refractivity contribution < 1.29 is 8.42 Å². The van der Waals surface area contributed by atoms with E-state index in [-0.39, 0.29) is 0 Å². The predicted octanol–water partition coefficient (Wildman–Crippen LogP) is 2.62. The number of hydrogen-bond acceptors (Lipinski definition) is 3. The molecule has 1 heterocycles. The van der Waals surface area contributed by atoms with Gasteiger partial charge in [-0.2, -0.15) is 0 Å². The monoisotopic (exact) mass is 325 g/mol. The van der Waals surface area contributed by atoms with Gasteiger partial charge in [0.2, 0.25) is 10.0 Å². The number of halogens is 1. The van der Waals surface area contributed by atoms with Crippen molar-refractivity contribution in [2.75, 3.05) is 11.9 Å². The Labute approximate surface area is 109 Å². The Balaban J connectivity index is 2.70. The fourth-order valence-electron chi connectivity index (χ4n) is 1.07. The van der Waals surface area contributed by atoms with Gasteiger partial charge in [0.05, 0.1) is 0 Å². The molecule has 1 rings (SSSR count). The van der Waals surface area contributed by atoms with E-state index < -0.39 is 10.0 Å². The number of rotatable bonds is 6. The molecular formula is C10H16BrNO2S2. The highest BCUT2D eigenvalue weighted by atomic mass is 79.9. The molecule has 0 aliphatic carbocycles.